The van der Waals surface area contributed by atoms with Crippen molar-refractivity contribution in [2.24, 2.45) is 5.10 Å². The zero-order valence-corrected chi connectivity index (χ0v) is 14.9. The van der Waals surface area contributed by atoms with E-state index in [9.17, 15) is 20.2 Å². The fourth-order valence-corrected chi connectivity index (χ4v) is 3.04. The SMILES string of the molecule is O=[N+]([O-])c1ccc(/C=N/Nc2c3ccccc3nc3ccccc23)c([N+](=O)[O-])c1. The van der Waals surface area contributed by atoms with Crippen LogP contribution in [0.25, 0.3) is 21.8 Å². The normalized spacial score (nSPS) is 11.2. The number of nitro benzene ring substituents is 2. The molecule has 0 amide bonds. The maximum atomic E-state index is 11.3. The molecule has 9 nitrogen and oxygen atoms in total. The van der Waals surface area contributed by atoms with E-state index in [0.29, 0.717) is 5.69 Å². The molecule has 0 bridgehead atoms. The number of rotatable bonds is 5. The number of anilines is 1. The van der Waals surface area contributed by atoms with Crippen LogP contribution in [0.4, 0.5) is 17.1 Å². The van der Waals surface area contributed by atoms with Crippen molar-refractivity contribution >= 4 is 45.1 Å². The van der Waals surface area contributed by atoms with Crippen LogP contribution in [0, 0.1) is 20.2 Å². The van der Waals surface area contributed by atoms with Crippen LogP contribution >= 0.6 is 0 Å². The van der Waals surface area contributed by atoms with Crippen LogP contribution in [0.15, 0.2) is 71.8 Å². The Morgan fingerprint density at radius 3 is 2.07 bits per heavy atom. The highest BCUT2D eigenvalue weighted by Gasteiger charge is 2.18. The first-order valence-corrected chi connectivity index (χ1v) is 8.54. The van der Waals surface area contributed by atoms with Crippen LogP contribution in [0.1, 0.15) is 5.56 Å². The quantitative estimate of drug-likeness (QED) is 0.230. The topological polar surface area (TPSA) is 124 Å². The molecular formula is C20H13N5O4. The van der Waals surface area contributed by atoms with E-state index < -0.39 is 15.5 Å². The molecule has 1 N–H and O–H groups in total. The van der Waals surface area contributed by atoms with Gasteiger partial charge in [0.2, 0.25) is 0 Å². The first kappa shape index (κ1) is 18.0. The van der Waals surface area contributed by atoms with Crippen LogP contribution in [0.3, 0.4) is 0 Å². The molecule has 4 rings (SSSR count). The van der Waals surface area contributed by atoms with Gasteiger partial charge < -0.3 is 0 Å². The molecule has 0 spiro atoms. The van der Waals surface area contributed by atoms with Crippen LogP contribution in [0.5, 0.6) is 0 Å². The van der Waals surface area contributed by atoms with Gasteiger partial charge >= 0.3 is 0 Å². The Morgan fingerprint density at radius 1 is 0.862 bits per heavy atom. The van der Waals surface area contributed by atoms with Gasteiger partial charge in [-0.05, 0) is 18.2 Å². The molecule has 29 heavy (non-hydrogen) atoms. The third-order valence-corrected chi connectivity index (χ3v) is 4.39. The monoisotopic (exact) mass is 387 g/mol. The molecule has 0 unspecified atom stereocenters. The number of para-hydroxylation sites is 2. The summed E-state index contributed by atoms with van der Waals surface area (Å²) in [6.45, 7) is 0. The Balaban J connectivity index is 1.76. The minimum absolute atomic E-state index is 0.149. The number of benzene rings is 3. The number of fused-ring (bicyclic) bond motifs is 2. The van der Waals surface area contributed by atoms with Gasteiger partial charge in [-0.3, -0.25) is 25.7 Å². The molecule has 1 heterocycles. The summed E-state index contributed by atoms with van der Waals surface area (Å²) < 4.78 is 0. The molecule has 0 saturated heterocycles. The fourth-order valence-electron chi connectivity index (χ4n) is 3.04. The maximum absolute atomic E-state index is 11.3. The molecule has 0 aliphatic rings. The summed E-state index contributed by atoms with van der Waals surface area (Å²) in [5.41, 5.74) is 4.64. The number of aromatic nitrogens is 1. The Labute approximate surface area is 163 Å². The van der Waals surface area contributed by atoms with Gasteiger partial charge in [-0.2, -0.15) is 5.10 Å². The van der Waals surface area contributed by atoms with Crippen molar-refractivity contribution in [1.82, 2.24) is 4.98 Å². The second-order valence-corrected chi connectivity index (χ2v) is 6.15. The average molecular weight is 387 g/mol. The molecule has 0 fully saturated rings. The zero-order valence-electron chi connectivity index (χ0n) is 14.9. The lowest BCUT2D eigenvalue weighted by atomic mass is 10.1. The van der Waals surface area contributed by atoms with Crippen molar-refractivity contribution < 1.29 is 9.85 Å². The van der Waals surface area contributed by atoms with E-state index in [-0.39, 0.29) is 11.3 Å². The molecule has 0 aliphatic carbocycles. The van der Waals surface area contributed by atoms with E-state index in [2.05, 4.69) is 15.5 Å². The molecule has 0 aliphatic heterocycles. The van der Waals surface area contributed by atoms with E-state index >= 15 is 0 Å². The highest BCUT2D eigenvalue weighted by Crippen LogP contribution is 2.30. The van der Waals surface area contributed by atoms with Crippen molar-refractivity contribution in [1.29, 1.82) is 0 Å². The van der Waals surface area contributed by atoms with Crippen molar-refractivity contribution in [2.75, 3.05) is 5.43 Å². The molecule has 3 aromatic carbocycles. The summed E-state index contributed by atoms with van der Waals surface area (Å²) >= 11 is 0. The van der Waals surface area contributed by atoms with Crippen molar-refractivity contribution in [3.63, 3.8) is 0 Å². The van der Waals surface area contributed by atoms with Gasteiger partial charge in [0.25, 0.3) is 11.4 Å². The fraction of sp³-hybridized carbons (Fsp3) is 0. The van der Waals surface area contributed by atoms with Crippen molar-refractivity contribution in [3.05, 3.63) is 92.5 Å². The highest BCUT2D eigenvalue weighted by molar-refractivity contribution is 6.07. The van der Waals surface area contributed by atoms with Gasteiger partial charge in [0, 0.05) is 16.8 Å². The Morgan fingerprint density at radius 2 is 1.48 bits per heavy atom. The van der Waals surface area contributed by atoms with E-state index in [1.54, 1.807) is 0 Å². The second kappa shape index (κ2) is 7.31. The first-order valence-electron chi connectivity index (χ1n) is 8.54. The predicted molar refractivity (Wildman–Crippen MR) is 110 cm³/mol. The summed E-state index contributed by atoms with van der Waals surface area (Å²) in [5.74, 6) is 0. The van der Waals surface area contributed by atoms with Crippen molar-refractivity contribution in [3.8, 4) is 0 Å². The Bertz CT molecular complexity index is 1250. The molecule has 0 atom stereocenters. The van der Waals surface area contributed by atoms with Crippen LogP contribution in [0.2, 0.25) is 0 Å². The zero-order chi connectivity index (χ0) is 20.4. The summed E-state index contributed by atoms with van der Waals surface area (Å²) in [6, 6.07) is 18.5. The molecule has 0 saturated carbocycles. The third kappa shape index (κ3) is 3.44. The Hall–Kier alpha value is -4.40. The minimum atomic E-state index is -0.679. The number of non-ortho nitro benzene ring substituents is 1. The summed E-state index contributed by atoms with van der Waals surface area (Å²) in [4.78, 5) is 25.4. The molecular weight excluding hydrogens is 374 g/mol. The summed E-state index contributed by atoms with van der Waals surface area (Å²) in [7, 11) is 0. The van der Waals surface area contributed by atoms with E-state index in [1.807, 2.05) is 48.5 Å². The first-order chi connectivity index (χ1) is 14.0. The number of nitrogens with one attached hydrogen (secondary N) is 1. The maximum Gasteiger partial charge on any atom is 0.285 e. The largest absolute Gasteiger partial charge is 0.285 e. The van der Waals surface area contributed by atoms with Gasteiger partial charge in [-0.1, -0.05) is 36.4 Å². The number of pyridine rings is 1. The summed E-state index contributed by atoms with van der Waals surface area (Å²) in [5, 5.41) is 28.0. The molecule has 9 heteroatoms. The van der Waals surface area contributed by atoms with Gasteiger partial charge in [0.05, 0.1) is 44.4 Å². The minimum Gasteiger partial charge on any atom is -0.277 e. The molecule has 142 valence electrons. The van der Waals surface area contributed by atoms with Gasteiger partial charge in [-0.25, -0.2) is 4.98 Å². The lowest BCUT2D eigenvalue weighted by Crippen LogP contribution is -1.99. The Kier molecular flexibility index (Phi) is 4.54. The summed E-state index contributed by atoms with van der Waals surface area (Å²) in [6.07, 6.45) is 1.27. The molecule has 4 aromatic rings. The molecule has 0 radical (unpaired) electrons. The van der Waals surface area contributed by atoms with Crippen LogP contribution < -0.4 is 5.43 Å². The van der Waals surface area contributed by atoms with E-state index in [0.717, 1.165) is 27.9 Å². The van der Waals surface area contributed by atoms with Crippen LogP contribution in [-0.2, 0) is 0 Å². The van der Waals surface area contributed by atoms with Crippen molar-refractivity contribution in [2.45, 2.75) is 0 Å². The lowest BCUT2D eigenvalue weighted by Gasteiger charge is -2.09. The molecule has 1 aromatic heterocycles. The highest BCUT2D eigenvalue weighted by atomic mass is 16.6. The number of hydrogen-bond acceptors (Lipinski definition) is 7. The number of hydrogen-bond donors (Lipinski definition) is 1. The predicted octanol–water partition coefficient (Wildman–Crippen LogP) is 4.65. The smallest absolute Gasteiger partial charge is 0.277 e. The average Bonchev–Trinajstić information content (AvgIpc) is 2.73. The van der Waals surface area contributed by atoms with E-state index in [1.165, 1.54) is 18.3 Å². The van der Waals surface area contributed by atoms with Gasteiger partial charge in [0.1, 0.15) is 0 Å². The third-order valence-electron chi connectivity index (χ3n) is 4.39. The number of nitrogens with zero attached hydrogens (tertiary/aromatic N) is 4. The lowest BCUT2D eigenvalue weighted by molar-refractivity contribution is -0.394. The van der Waals surface area contributed by atoms with Crippen LogP contribution in [-0.4, -0.2) is 21.0 Å². The standard InChI is InChI=1S/C20H13N5O4/c26-24(27)14-10-9-13(19(11-14)25(28)29)12-21-23-20-15-5-1-3-7-17(15)22-18-8-4-2-6-16(18)20/h1-12H,(H,22,23)/b21-12+. The number of nitro groups is 2. The van der Waals surface area contributed by atoms with Gasteiger partial charge in [0.15, 0.2) is 0 Å². The number of hydrazone groups is 1. The second-order valence-electron chi connectivity index (χ2n) is 6.15. The van der Waals surface area contributed by atoms with E-state index in [4.69, 9.17) is 0 Å². The van der Waals surface area contributed by atoms with Gasteiger partial charge in [-0.15, -0.1) is 0 Å².